The maximum absolute atomic E-state index is 12.4. The molecule has 0 saturated heterocycles. The molecule has 0 aromatic carbocycles. The quantitative estimate of drug-likeness (QED) is 0.361. The van der Waals surface area contributed by atoms with Crippen molar-refractivity contribution in [1.29, 1.82) is 0 Å². The van der Waals surface area contributed by atoms with Crippen molar-refractivity contribution >= 4 is 5.97 Å². The summed E-state index contributed by atoms with van der Waals surface area (Å²) >= 11 is 0. The van der Waals surface area contributed by atoms with Crippen LogP contribution < -0.4 is 0 Å². The van der Waals surface area contributed by atoms with Crippen LogP contribution in [0.4, 0.5) is 13.2 Å². The lowest BCUT2D eigenvalue weighted by atomic mass is 10.1. The standard InChI is InChI=1S/C12H19F3O3/c1-3-4-5-6-7-8-9(17-2)12(16)18-11(15)10(13)14/h9H,3-8H2,1-2H3. The zero-order valence-corrected chi connectivity index (χ0v) is 10.7. The monoisotopic (exact) mass is 268 g/mol. The summed E-state index contributed by atoms with van der Waals surface area (Å²) in [5.74, 6) is -1.13. The molecule has 0 aliphatic carbocycles. The van der Waals surface area contributed by atoms with Crippen LogP contribution in [0.5, 0.6) is 0 Å². The molecule has 0 aromatic heterocycles. The molecule has 0 heterocycles. The maximum atomic E-state index is 12.4. The molecular weight excluding hydrogens is 249 g/mol. The number of methoxy groups -OCH3 is 1. The lowest BCUT2D eigenvalue weighted by Crippen LogP contribution is -2.24. The number of hydrogen-bond acceptors (Lipinski definition) is 3. The van der Waals surface area contributed by atoms with Crippen LogP contribution in [0.15, 0.2) is 12.1 Å². The van der Waals surface area contributed by atoms with Crippen molar-refractivity contribution in [2.75, 3.05) is 7.11 Å². The van der Waals surface area contributed by atoms with Crippen molar-refractivity contribution in [3.8, 4) is 0 Å². The summed E-state index contributed by atoms with van der Waals surface area (Å²) in [6.07, 6.45) is 1.54. The van der Waals surface area contributed by atoms with Crippen molar-refractivity contribution < 1.29 is 27.4 Å². The predicted molar refractivity (Wildman–Crippen MR) is 60.6 cm³/mol. The van der Waals surface area contributed by atoms with Crippen LogP contribution in [0.25, 0.3) is 0 Å². The normalized spacial score (nSPS) is 12.1. The Balaban J connectivity index is 4.01. The van der Waals surface area contributed by atoms with Gasteiger partial charge in [-0.25, -0.2) is 4.79 Å². The van der Waals surface area contributed by atoms with E-state index < -0.39 is 24.2 Å². The lowest BCUT2D eigenvalue weighted by molar-refractivity contribution is -0.154. The first kappa shape index (κ1) is 17.0. The fraction of sp³-hybridized carbons (Fsp3) is 0.750. The van der Waals surface area contributed by atoms with E-state index in [1.165, 1.54) is 7.11 Å². The Kier molecular flexibility index (Phi) is 9.36. The highest BCUT2D eigenvalue weighted by Crippen LogP contribution is 2.15. The van der Waals surface area contributed by atoms with Gasteiger partial charge in [-0.2, -0.15) is 13.2 Å². The third-order valence-electron chi connectivity index (χ3n) is 2.46. The van der Waals surface area contributed by atoms with E-state index in [1.807, 2.05) is 0 Å². The van der Waals surface area contributed by atoms with Gasteiger partial charge in [0.2, 0.25) is 0 Å². The van der Waals surface area contributed by atoms with E-state index in [0.29, 0.717) is 12.8 Å². The van der Waals surface area contributed by atoms with Gasteiger partial charge in [0.15, 0.2) is 6.10 Å². The molecule has 1 atom stereocenters. The molecule has 0 spiro atoms. The number of carbonyl (C=O) groups is 1. The SMILES string of the molecule is CCCCCCCC(OC)C(=O)OC(F)=C(F)F. The maximum Gasteiger partial charge on any atom is 0.347 e. The molecule has 1 unspecified atom stereocenters. The van der Waals surface area contributed by atoms with Crippen molar-refractivity contribution in [3.05, 3.63) is 12.1 Å². The summed E-state index contributed by atoms with van der Waals surface area (Å²) in [5.41, 5.74) is 0. The Bertz CT molecular complexity index is 276. The molecule has 0 rings (SSSR count). The van der Waals surface area contributed by atoms with Crippen molar-refractivity contribution in [2.24, 2.45) is 0 Å². The van der Waals surface area contributed by atoms with Crippen LogP contribution in [0, 0.1) is 0 Å². The van der Waals surface area contributed by atoms with Crippen LogP contribution in [0.2, 0.25) is 0 Å². The Labute approximate surface area is 105 Å². The number of ether oxygens (including phenoxy) is 2. The Morgan fingerprint density at radius 1 is 1.11 bits per heavy atom. The van der Waals surface area contributed by atoms with Crippen LogP contribution in [-0.2, 0) is 14.3 Å². The second-order valence-electron chi connectivity index (χ2n) is 3.88. The average Bonchev–Trinajstić information content (AvgIpc) is 2.33. The van der Waals surface area contributed by atoms with Gasteiger partial charge in [0.25, 0.3) is 0 Å². The highest BCUT2D eigenvalue weighted by molar-refractivity contribution is 5.75. The molecule has 0 bridgehead atoms. The molecule has 0 aliphatic rings. The highest BCUT2D eigenvalue weighted by atomic mass is 19.3. The fourth-order valence-electron chi connectivity index (χ4n) is 1.46. The van der Waals surface area contributed by atoms with Gasteiger partial charge in [0, 0.05) is 7.11 Å². The van der Waals surface area contributed by atoms with Crippen LogP contribution in [-0.4, -0.2) is 19.2 Å². The van der Waals surface area contributed by atoms with E-state index in [1.54, 1.807) is 0 Å². The highest BCUT2D eigenvalue weighted by Gasteiger charge is 2.22. The third kappa shape index (κ3) is 7.32. The van der Waals surface area contributed by atoms with Gasteiger partial charge in [-0.15, -0.1) is 0 Å². The first-order chi connectivity index (χ1) is 8.52. The van der Waals surface area contributed by atoms with Gasteiger partial charge in [-0.1, -0.05) is 39.0 Å². The molecule has 0 aliphatic heterocycles. The second kappa shape index (κ2) is 9.94. The zero-order valence-electron chi connectivity index (χ0n) is 10.7. The minimum Gasteiger partial charge on any atom is -0.393 e. The number of carbonyl (C=O) groups excluding carboxylic acids is 1. The van der Waals surface area contributed by atoms with Gasteiger partial charge >= 0.3 is 18.1 Å². The smallest absolute Gasteiger partial charge is 0.347 e. The number of esters is 1. The summed E-state index contributed by atoms with van der Waals surface area (Å²) in [7, 11) is 1.26. The molecule has 6 heteroatoms. The molecule has 18 heavy (non-hydrogen) atoms. The van der Waals surface area contributed by atoms with Crippen LogP contribution in [0.3, 0.4) is 0 Å². The van der Waals surface area contributed by atoms with E-state index in [-0.39, 0.29) is 0 Å². The van der Waals surface area contributed by atoms with Gasteiger partial charge in [-0.3, -0.25) is 0 Å². The summed E-state index contributed by atoms with van der Waals surface area (Å²) in [4.78, 5) is 11.3. The minimum absolute atomic E-state index is 0.334. The van der Waals surface area contributed by atoms with E-state index in [0.717, 1.165) is 25.7 Å². The first-order valence-corrected chi connectivity index (χ1v) is 5.98. The molecule has 0 amide bonds. The van der Waals surface area contributed by atoms with Crippen LogP contribution >= 0.6 is 0 Å². The largest absolute Gasteiger partial charge is 0.393 e. The van der Waals surface area contributed by atoms with E-state index in [2.05, 4.69) is 11.7 Å². The fourth-order valence-corrected chi connectivity index (χ4v) is 1.46. The number of halogens is 3. The molecule has 0 fully saturated rings. The zero-order chi connectivity index (χ0) is 14.0. The Morgan fingerprint density at radius 2 is 1.72 bits per heavy atom. The molecule has 0 saturated carbocycles. The van der Waals surface area contributed by atoms with E-state index >= 15 is 0 Å². The summed E-state index contributed by atoms with van der Waals surface area (Å²) < 4.78 is 44.5. The van der Waals surface area contributed by atoms with Gasteiger partial charge in [0.1, 0.15) is 0 Å². The van der Waals surface area contributed by atoms with E-state index in [4.69, 9.17) is 4.74 Å². The van der Waals surface area contributed by atoms with Gasteiger partial charge in [-0.05, 0) is 6.42 Å². The minimum atomic E-state index is -2.65. The summed E-state index contributed by atoms with van der Waals surface area (Å²) in [5, 5.41) is 0. The molecule has 0 aromatic rings. The molecule has 3 nitrogen and oxygen atoms in total. The Morgan fingerprint density at radius 3 is 2.22 bits per heavy atom. The summed E-state index contributed by atoms with van der Waals surface area (Å²) in [6.45, 7) is 2.08. The van der Waals surface area contributed by atoms with Crippen molar-refractivity contribution in [3.63, 3.8) is 0 Å². The van der Waals surface area contributed by atoms with Gasteiger partial charge in [0.05, 0.1) is 0 Å². The number of unbranched alkanes of at least 4 members (excludes halogenated alkanes) is 4. The van der Waals surface area contributed by atoms with Crippen molar-refractivity contribution in [2.45, 2.75) is 51.6 Å². The third-order valence-corrected chi connectivity index (χ3v) is 2.46. The van der Waals surface area contributed by atoms with E-state index in [9.17, 15) is 18.0 Å². The molecular formula is C12H19F3O3. The predicted octanol–water partition coefficient (Wildman–Crippen LogP) is 3.94. The average molecular weight is 268 g/mol. The lowest BCUT2D eigenvalue weighted by Gasteiger charge is -2.12. The molecule has 106 valence electrons. The Hall–Kier alpha value is -1.04. The first-order valence-electron chi connectivity index (χ1n) is 5.98. The molecule has 0 N–H and O–H groups in total. The van der Waals surface area contributed by atoms with Gasteiger partial charge < -0.3 is 9.47 Å². The number of hydrogen-bond donors (Lipinski definition) is 0. The van der Waals surface area contributed by atoms with Crippen LogP contribution in [0.1, 0.15) is 45.4 Å². The summed E-state index contributed by atoms with van der Waals surface area (Å²) in [6, 6.07) is -2.16. The number of rotatable bonds is 9. The second-order valence-corrected chi connectivity index (χ2v) is 3.88. The van der Waals surface area contributed by atoms with Crippen molar-refractivity contribution in [1.82, 2.24) is 0 Å². The molecule has 0 radical (unpaired) electrons. The topological polar surface area (TPSA) is 35.5 Å².